The van der Waals surface area contributed by atoms with E-state index in [2.05, 4.69) is 15.6 Å². The lowest BCUT2D eigenvalue weighted by Crippen LogP contribution is -2.41. The number of aromatic nitrogens is 1. The summed E-state index contributed by atoms with van der Waals surface area (Å²) in [5.74, 6) is -1.03. The highest BCUT2D eigenvalue weighted by molar-refractivity contribution is 7.15. The van der Waals surface area contributed by atoms with Crippen LogP contribution in [0.15, 0.2) is 30.5 Å². The molecule has 0 aromatic carbocycles. The van der Waals surface area contributed by atoms with Crippen molar-refractivity contribution in [3.63, 3.8) is 0 Å². The largest absolute Gasteiger partial charge is 0.481 e. The Hall–Kier alpha value is -2.41. The molecule has 0 aliphatic heterocycles. The Labute approximate surface area is 150 Å². The first-order chi connectivity index (χ1) is 12.0. The number of carboxylic acids is 1. The van der Waals surface area contributed by atoms with Crippen LogP contribution in [-0.4, -0.2) is 28.1 Å². The molecule has 0 bridgehead atoms. The molecule has 3 N–H and O–H groups in total. The highest BCUT2D eigenvalue weighted by Gasteiger charge is 2.26. The number of anilines is 1. The molecule has 6 nitrogen and oxygen atoms in total. The fourth-order valence-corrected chi connectivity index (χ4v) is 3.97. The van der Waals surface area contributed by atoms with E-state index < -0.39 is 5.97 Å². The third-order valence-electron chi connectivity index (χ3n) is 4.44. The number of carbonyl (C=O) groups is 2. The standard InChI is InChI=1S/C18H21N3O3S/c1-11-4-9-15(25-11)16-14(3-2-10-19-16)21-18(24)20-13-7-5-12(6-8-13)17(22)23/h2-4,9-10,12-13H,5-8H2,1H3,(H,22,23)(H2,20,21,24). The van der Waals surface area contributed by atoms with Gasteiger partial charge < -0.3 is 15.7 Å². The second kappa shape index (κ2) is 7.65. The summed E-state index contributed by atoms with van der Waals surface area (Å²) in [6.45, 7) is 2.03. The van der Waals surface area contributed by atoms with Gasteiger partial charge in [-0.1, -0.05) is 0 Å². The van der Waals surface area contributed by atoms with Gasteiger partial charge in [0.15, 0.2) is 0 Å². The zero-order chi connectivity index (χ0) is 17.8. The number of aliphatic carboxylic acids is 1. The number of thiophene rings is 1. The number of aryl methyl sites for hydroxylation is 1. The van der Waals surface area contributed by atoms with E-state index >= 15 is 0 Å². The molecule has 1 aliphatic carbocycles. The maximum absolute atomic E-state index is 12.3. The molecule has 2 amide bonds. The molecule has 2 aromatic rings. The molecule has 0 saturated heterocycles. The van der Waals surface area contributed by atoms with Gasteiger partial charge in [-0.2, -0.15) is 0 Å². The molecule has 2 aromatic heterocycles. The van der Waals surface area contributed by atoms with Gasteiger partial charge in [-0.3, -0.25) is 9.78 Å². The van der Waals surface area contributed by atoms with Crippen molar-refractivity contribution in [3.05, 3.63) is 35.3 Å². The third kappa shape index (κ3) is 4.36. The Bertz CT molecular complexity index is 766. The molecule has 2 heterocycles. The molecule has 132 valence electrons. The SMILES string of the molecule is Cc1ccc(-c2ncccc2NC(=O)NC2CCC(C(=O)O)CC2)s1. The maximum Gasteiger partial charge on any atom is 0.319 e. The van der Waals surface area contributed by atoms with Gasteiger partial charge in [0.05, 0.1) is 16.5 Å². The van der Waals surface area contributed by atoms with E-state index in [1.54, 1.807) is 23.6 Å². The summed E-state index contributed by atoms with van der Waals surface area (Å²) in [6.07, 6.45) is 4.29. The molecule has 0 atom stereocenters. The monoisotopic (exact) mass is 359 g/mol. The second-order valence-electron chi connectivity index (χ2n) is 6.30. The van der Waals surface area contributed by atoms with Crippen molar-refractivity contribution in [3.8, 4) is 10.6 Å². The van der Waals surface area contributed by atoms with Gasteiger partial charge in [0.1, 0.15) is 5.69 Å². The number of nitrogens with one attached hydrogen (secondary N) is 2. The van der Waals surface area contributed by atoms with Crippen LogP contribution in [-0.2, 0) is 4.79 Å². The van der Waals surface area contributed by atoms with E-state index in [1.165, 1.54) is 4.88 Å². The summed E-state index contributed by atoms with van der Waals surface area (Å²) < 4.78 is 0. The van der Waals surface area contributed by atoms with Crippen molar-refractivity contribution in [2.24, 2.45) is 5.92 Å². The Morgan fingerprint density at radius 3 is 2.60 bits per heavy atom. The number of rotatable bonds is 4. The molecule has 0 unspecified atom stereocenters. The predicted molar refractivity (Wildman–Crippen MR) is 97.8 cm³/mol. The minimum atomic E-state index is -0.742. The molecule has 3 rings (SSSR count). The first kappa shape index (κ1) is 17.4. The molecule has 1 fully saturated rings. The van der Waals surface area contributed by atoms with Crippen LogP contribution in [0.5, 0.6) is 0 Å². The van der Waals surface area contributed by atoms with Crippen molar-refractivity contribution in [2.45, 2.75) is 38.6 Å². The van der Waals surface area contributed by atoms with Gasteiger partial charge in [0.2, 0.25) is 0 Å². The van der Waals surface area contributed by atoms with Gasteiger partial charge >= 0.3 is 12.0 Å². The van der Waals surface area contributed by atoms with E-state index in [9.17, 15) is 9.59 Å². The zero-order valence-corrected chi connectivity index (χ0v) is 14.8. The lowest BCUT2D eigenvalue weighted by molar-refractivity contribution is -0.142. The smallest absolute Gasteiger partial charge is 0.319 e. The van der Waals surface area contributed by atoms with E-state index in [4.69, 9.17) is 5.11 Å². The topological polar surface area (TPSA) is 91.3 Å². The first-order valence-electron chi connectivity index (χ1n) is 8.35. The molecule has 0 spiro atoms. The number of hydrogen-bond donors (Lipinski definition) is 3. The number of amides is 2. The quantitative estimate of drug-likeness (QED) is 0.772. The van der Waals surface area contributed by atoms with Gasteiger partial charge in [-0.15, -0.1) is 11.3 Å². The van der Waals surface area contributed by atoms with Crippen molar-refractivity contribution in [1.82, 2.24) is 10.3 Å². The summed E-state index contributed by atoms with van der Waals surface area (Å²) in [5, 5.41) is 14.9. The van der Waals surface area contributed by atoms with Gasteiger partial charge in [-0.25, -0.2) is 4.79 Å². The Balaban J connectivity index is 1.61. The Kier molecular flexibility index (Phi) is 5.33. The van der Waals surface area contributed by atoms with Gasteiger partial charge in [0.25, 0.3) is 0 Å². The Morgan fingerprint density at radius 2 is 1.96 bits per heavy atom. The minimum Gasteiger partial charge on any atom is -0.481 e. The maximum atomic E-state index is 12.3. The summed E-state index contributed by atoms with van der Waals surface area (Å²) in [5.41, 5.74) is 1.42. The highest BCUT2D eigenvalue weighted by Crippen LogP contribution is 2.31. The number of pyridine rings is 1. The summed E-state index contributed by atoms with van der Waals surface area (Å²) in [6, 6.07) is 7.38. The van der Waals surface area contributed by atoms with Crippen LogP contribution in [0, 0.1) is 12.8 Å². The van der Waals surface area contributed by atoms with E-state index in [-0.39, 0.29) is 18.0 Å². The average molecular weight is 359 g/mol. The minimum absolute atomic E-state index is 0.0136. The highest BCUT2D eigenvalue weighted by atomic mass is 32.1. The van der Waals surface area contributed by atoms with Crippen molar-refractivity contribution < 1.29 is 14.7 Å². The average Bonchev–Trinajstić information content (AvgIpc) is 3.02. The fraction of sp³-hybridized carbons (Fsp3) is 0.389. The number of urea groups is 1. The summed E-state index contributed by atoms with van der Waals surface area (Å²) in [7, 11) is 0. The lowest BCUT2D eigenvalue weighted by Gasteiger charge is -2.26. The van der Waals surface area contributed by atoms with Crippen LogP contribution in [0.2, 0.25) is 0 Å². The number of carboxylic acid groups (broad SMARTS) is 1. The molecular weight excluding hydrogens is 338 g/mol. The fourth-order valence-electron chi connectivity index (χ4n) is 3.09. The lowest BCUT2D eigenvalue weighted by atomic mass is 9.86. The predicted octanol–water partition coefficient (Wildman–Crippen LogP) is 3.88. The van der Waals surface area contributed by atoms with Gasteiger partial charge in [-0.05, 0) is 56.9 Å². The molecule has 1 aliphatic rings. The van der Waals surface area contributed by atoms with Crippen molar-refractivity contribution >= 4 is 29.0 Å². The van der Waals surface area contributed by atoms with E-state index in [0.29, 0.717) is 31.4 Å². The Morgan fingerprint density at radius 1 is 1.20 bits per heavy atom. The molecular formula is C18H21N3O3S. The molecule has 1 saturated carbocycles. The van der Waals surface area contributed by atoms with E-state index in [0.717, 1.165) is 10.6 Å². The van der Waals surface area contributed by atoms with Crippen LogP contribution in [0.1, 0.15) is 30.6 Å². The first-order valence-corrected chi connectivity index (χ1v) is 9.16. The van der Waals surface area contributed by atoms with Crippen LogP contribution >= 0.6 is 11.3 Å². The van der Waals surface area contributed by atoms with Crippen LogP contribution < -0.4 is 10.6 Å². The van der Waals surface area contributed by atoms with Crippen LogP contribution in [0.4, 0.5) is 10.5 Å². The second-order valence-corrected chi connectivity index (χ2v) is 7.58. The molecule has 0 radical (unpaired) electrons. The van der Waals surface area contributed by atoms with Crippen LogP contribution in [0.25, 0.3) is 10.6 Å². The number of hydrogen-bond acceptors (Lipinski definition) is 4. The summed E-state index contributed by atoms with van der Waals surface area (Å²) in [4.78, 5) is 29.9. The zero-order valence-electron chi connectivity index (χ0n) is 14.0. The normalized spacial score (nSPS) is 20.0. The molecule has 25 heavy (non-hydrogen) atoms. The van der Waals surface area contributed by atoms with Gasteiger partial charge in [0, 0.05) is 17.1 Å². The van der Waals surface area contributed by atoms with Crippen molar-refractivity contribution in [1.29, 1.82) is 0 Å². The number of nitrogens with zero attached hydrogens (tertiary/aromatic N) is 1. The van der Waals surface area contributed by atoms with E-state index in [1.807, 2.05) is 25.1 Å². The summed E-state index contributed by atoms with van der Waals surface area (Å²) >= 11 is 1.63. The van der Waals surface area contributed by atoms with Crippen molar-refractivity contribution in [2.75, 3.05) is 5.32 Å². The number of carbonyl (C=O) groups excluding carboxylic acids is 1. The molecule has 7 heteroatoms. The van der Waals surface area contributed by atoms with Crippen LogP contribution in [0.3, 0.4) is 0 Å². The third-order valence-corrected chi connectivity index (χ3v) is 5.45.